The van der Waals surface area contributed by atoms with E-state index in [0.29, 0.717) is 11.2 Å². The Kier molecular flexibility index (Phi) is 5.25. The van der Waals surface area contributed by atoms with Gasteiger partial charge in [0.1, 0.15) is 11.3 Å². The zero-order valence-corrected chi connectivity index (χ0v) is 16.3. The Balaban J connectivity index is 1.56. The predicted octanol–water partition coefficient (Wildman–Crippen LogP) is 2.62. The summed E-state index contributed by atoms with van der Waals surface area (Å²) in [5.74, 6) is 0.655. The van der Waals surface area contributed by atoms with Crippen LogP contribution in [0.3, 0.4) is 0 Å². The van der Waals surface area contributed by atoms with Crippen LogP contribution in [0.15, 0.2) is 42.7 Å². The number of ether oxygens (including phenoxy) is 1. The summed E-state index contributed by atoms with van der Waals surface area (Å²) < 4.78 is 6.93. The fraction of sp³-hybridized carbons (Fsp3) is 0.381. The van der Waals surface area contributed by atoms with E-state index in [4.69, 9.17) is 4.74 Å². The van der Waals surface area contributed by atoms with Crippen LogP contribution in [-0.2, 0) is 0 Å². The molecule has 1 aliphatic heterocycles. The van der Waals surface area contributed by atoms with Crippen molar-refractivity contribution < 1.29 is 9.53 Å². The lowest BCUT2D eigenvalue weighted by molar-refractivity contribution is 0.0933. The van der Waals surface area contributed by atoms with Gasteiger partial charge in [-0.15, -0.1) is 0 Å². The maximum atomic E-state index is 12.8. The number of amides is 1. The van der Waals surface area contributed by atoms with E-state index >= 15 is 0 Å². The summed E-state index contributed by atoms with van der Waals surface area (Å²) in [6.45, 7) is 5.14. The molecule has 3 heterocycles. The third-order valence-electron chi connectivity index (χ3n) is 5.14. The summed E-state index contributed by atoms with van der Waals surface area (Å²) >= 11 is 0. The Labute approximate surface area is 164 Å². The number of aromatic nitrogens is 3. The zero-order chi connectivity index (χ0) is 19.5. The minimum Gasteiger partial charge on any atom is -0.497 e. The summed E-state index contributed by atoms with van der Waals surface area (Å²) in [6, 6.07) is 9.70. The Morgan fingerprint density at radius 3 is 2.68 bits per heavy atom. The van der Waals surface area contributed by atoms with E-state index in [1.165, 1.54) is 12.8 Å². The standard InChI is InChI=1S/C21H25N5O2/c1-15(14-25-11-3-4-12-25)24-21(27)18-13-23-26-19(9-10-22-20(18)26)16-5-7-17(28-2)8-6-16/h5-10,13,15H,3-4,11-12,14H2,1-2H3,(H,24,27). The second-order valence-electron chi connectivity index (χ2n) is 7.23. The third kappa shape index (κ3) is 3.71. The van der Waals surface area contributed by atoms with Crippen molar-refractivity contribution in [2.45, 2.75) is 25.8 Å². The van der Waals surface area contributed by atoms with E-state index in [2.05, 4.69) is 20.3 Å². The van der Waals surface area contributed by atoms with Crippen molar-refractivity contribution in [3.8, 4) is 17.0 Å². The maximum Gasteiger partial charge on any atom is 0.257 e. The molecule has 2 aromatic heterocycles. The van der Waals surface area contributed by atoms with E-state index in [1.807, 2.05) is 37.3 Å². The molecule has 1 N–H and O–H groups in total. The van der Waals surface area contributed by atoms with Crippen LogP contribution < -0.4 is 10.1 Å². The summed E-state index contributed by atoms with van der Waals surface area (Å²) in [6.07, 6.45) is 5.79. The van der Waals surface area contributed by atoms with E-state index < -0.39 is 0 Å². The molecular weight excluding hydrogens is 354 g/mol. The molecule has 146 valence electrons. The first-order chi connectivity index (χ1) is 13.7. The highest BCUT2D eigenvalue weighted by Crippen LogP contribution is 2.23. The molecule has 28 heavy (non-hydrogen) atoms. The van der Waals surface area contributed by atoms with Gasteiger partial charge in [-0.25, -0.2) is 9.50 Å². The molecule has 7 nitrogen and oxygen atoms in total. The molecule has 0 spiro atoms. The summed E-state index contributed by atoms with van der Waals surface area (Å²) in [7, 11) is 1.64. The molecule has 4 rings (SSSR count). The fourth-order valence-electron chi connectivity index (χ4n) is 3.73. The van der Waals surface area contributed by atoms with E-state index in [-0.39, 0.29) is 11.9 Å². The fourth-order valence-corrected chi connectivity index (χ4v) is 3.73. The summed E-state index contributed by atoms with van der Waals surface area (Å²) in [5.41, 5.74) is 2.89. The first-order valence-corrected chi connectivity index (χ1v) is 9.66. The highest BCUT2D eigenvalue weighted by Gasteiger charge is 2.20. The normalized spacial score (nSPS) is 15.6. The Morgan fingerprint density at radius 2 is 1.96 bits per heavy atom. The van der Waals surface area contributed by atoms with Crippen LogP contribution in [0.1, 0.15) is 30.1 Å². The van der Waals surface area contributed by atoms with Crippen LogP contribution >= 0.6 is 0 Å². The number of likely N-dealkylation sites (tertiary alicyclic amines) is 1. The number of nitrogens with zero attached hydrogens (tertiary/aromatic N) is 4. The van der Waals surface area contributed by atoms with E-state index in [1.54, 1.807) is 24.0 Å². The second kappa shape index (κ2) is 7.98. The van der Waals surface area contributed by atoms with Gasteiger partial charge >= 0.3 is 0 Å². The Bertz CT molecular complexity index is 961. The van der Waals surface area contributed by atoms with Crippen LogP contribution in [-0.4, -0.2) is 58.2 Å². The first kappa shape index (κ1) is 18.4. The van der Waals surface area contributed by atoms with E-state index in [9.17, 15) is 4.79 Å². The van der Waals surface area contributed by atoms with Crippen molar-refractivity contribution in [1.29, 1.82) is 0 Å². The largest absolute Gasteiger partial charge is 0.497 e. The van der Waals surface area contributed by atoms with Crippen molar-refractivity contribution in [2.75, 3.05) is 26.7 Å². The molecule has 1 saturated heterocycles. The van der Waals surface area contributed by atoms with Crippen molar-refractivity contribution in [1.82, 2.24) is 24.8 Å². The van der Waals surface area contributed by atoms with Gasteiger partial charge in [-0.2, -0.15) is 5.10 Å². The summed E-state index contributed by atoms with van der Waals surface area (Å²) in [4.78, 5) is 19.6. The molecule has 7 heteroatoms. The smallest absolute Gasteiger partial charge is 0.257 e. The predicted molar refractivity (Wildman–Crippen MR) is 108 cm³/mol. The Hall–Kier alpha value is -2.93. The molecule has 1 amide bonds. The number of hydrogen-bond acceptors (Lipinski definition) is 5. The van der Waals surface area contributed by atoms with Crippen LogP contribution in [0.5, 0.6) is 5.75 Å². The molecule has 0 saturated carbocycles. The maximum absolute atomic E-state index is 12.8. The van der Waals surface area contributed by atoms with Gasteiger partial charge in [0.15, 0.2) is 5.65 Å². The van der Waals surface area contributed by atoms with Crippen molar-refractivity contribution in [3.63, 3.8) is 0 Å². The molecule has 0 radical (unpaired) electrons. The van der Waals surface area contributed by atoms with Gasteiger partial charge in [-0.3, -0.25) is 4.79 Å². The van der Waals surface area contributed by atoms with Crippen molar-refractivity contribution in [3.05, 3.63) is 48.3 Å². The number of carbonyl (C=O) groups excluding carboxylic acids is 1. The number of carbonyl (C=O) groups is 1. The Morgan fingerprint density at radius 1 is 1.21 bits per heavy atom. The van der Waals surface area contributed by atoms with Gasteiger partial charge < -0.3 is 15.0 Å². The first-order valence-electron chi connectivity index (χ1n) is 9.66. The molecule has 1 atom stereocenters. The van der Waals surface area contributed by atoms with Gasteiger partial charge in [-0.1, -0.05) is 0 Å². The zero-order valence-electron chi connectivity index (χ0n) is 16.3. The minimum atomic E-state index is -0.138. The second-order valence-corrected chi connectivity index (χ2v) is 7.23. The molecule has 0 bridgehead atoms. The molecule has 1 aromatic carbocycles. The lowest BCUT2D eigenvalue weighted by Gasteiger charge is -2.20. The SMILES string of the molecule is COc1ccc(-c2ccnc3c(C(=O)NC(C)CN4CCCC4)cnn23)cc1. The van der Waals surface area contributed by atoms with Gasteiger partial charge in [-0.05, 0) is 63.2 Å². The number of nitrogens with one attached hydrogen (secondary N) is 1. The molecular formula is C21H25N5O2. The third-order valence-corrected chi connectivity index (χ3v) is 5.14. The van der Waals surface area contributed by atoms with Crippen molar-refractivity contribution in [2.24, 2.45) is 0 Å². The van der Waals surface area contributed by atoms with E-state index in [0.717, 1.165) is 36.6 Å². The highest BCUT2D eigenvalue weighted by molar-refractivity contribution is 6.00. The van der Waals surface area contributed by atoms with Gasteiger partial charge in [0.05, 0.1) is 19.0 Å². The van der Waals surface area contributed by atoms with Crippen LogP contribution in [0, 0.1) is 0 Å². The number of methoxy groups -OCH3 is 1. The molecule has 3 aromatic rings. The molecule has 0 aliphatic carbocycles. The quantitative estimate of drug-likeness (QED) is 0.713. The van der Waals surface area contributed by atoms with Crippen LogP contribution in [0.25, 0.3) is 16.9 Å². The number of hydrogen-bond donors (Lipinski definition) is 1. The summed E-state index contributed by atoms with van der Waals surface area (Å²) in [5, 5.41) is 7.51. The minimum absolute atomic E-state index is 0.0744. The monoisotopic (exact) mass is 379 g/mol. The topological polar surface area (TPSA) is 71.8 Å². The molecule has 1 unspecified atom stereocenters. The highest BCUT2D eigenvalue weighted by atomic mass is 16.5. The molecule has 1 fully saturated rings. The van der Waals surface area contributed by atoms with Crippen LogP contribution in [0.2, 0.25) is 0 Å². The lowest BCUT2D eigenvalue weighted by Crippen LogP contribution is -2.41. The average molecular weight is 379 g/mol. The number of benzene rings is 1. The molecule has 1 aliphatic rings. The number of fused-ring (bicyclic) bond motifs is 1. The lowest BCUT2D eigenvalue weighted by atomic mass is 10.1. The van der Waals surface area contributed by atoms with Gasteiger partial charge in [0.25, 0.3) is 5.91 Å². The van der Waals surface area contributed by atoms with Crippen LogP contribution in [0.4, 0.5) is 0 Å². The van der Waals surface area contributed by atoms with Crippen molar-refractivity contribution >= 4 is 11.6 Å². The number of rotatable bonds is 6. The van der Waals surface area contributed by atoms with Gasteiger partial charge in [0.2, 0.25) is 0 Å². The average Bonchev–Trinajstić information content (AvgIpc) is 3.37. The van der Waals surface area contributed by atoms with Gasteiger partial charge in [0, 0.05) is 24.3 Å².